The molecular weight excluding hydrogens is 264 g/mol. The van der Waals surface area contributed by atoms with E-state index >= 15 is 0 Å². The van der Waals surface area contributed by atoms with E-state index in [9.17, 15) is 0 Å². The Kier molecular flexibility index (Phi) is 3.00. The first-order valence-electron chi connectivity index (χ1n) is 7.39. The van der Waals surface area contributed by atoms with Gasteiger partial charge < -0.3 is 9.73 Å². The Labute approximate surface area is 123 Å². The normalized spacial score (nSPS) is 18.0. The molecule has 4 rings (SSSR count). The Morgan fingerprint density at radius 2 is 2.29 bits per heavy atom. The zero-order chi connectivity index (χ0) is 14.2. The number of benzene rings is 1. The van der Waals surface area contributed by atoms with Crippen LogP contribution in [0, 0.1) is 6.92 Å². The van der Waals surface area contributed by atoms with Gasteiger partial charge in [0.05, 0.1) is 13.1 Å². The van der Waals surface area contributed by atoms with Crippen LogP contribution in [-0.4, -0.2) is 20.8 Å². The second kappa shape index (κ2) is 5.00. The van der Waals surface area contributed by atoms with Gasteiger partial charge in [-0.25, -0.2) is 9.67 Å². The summed E-state index contributed by atoms with van der Waals surface area (Å²) in [5.41, 5.74) is 0.951. The van der Waals surface area contributed by atoms with Gasteiger partial charge in [0.25, 0.3) is 0 Å². The topological polar surface area (TPSA) is 55.9 Å². The highest BCUT2D eigenvalue weighted by Gasteiger charge is 2.20. The summed E-state index contributed by atoms with van der Waals surface area (Å²) in [6, 6.07) is 10.6. The van der Waals surface area contributed by atoms with Crippen molar-refractivity contribution in [1.82, 2.24) is 20.1 Å². The number of furan rings is 1. The molecule has 0 spiro atoms. The molecular formula is C16H18N4O. The molecule has 0 aliphatic carbocycles. The second-order valence-electron chi connectivity index (χ2n) is 5.62. The SMILES string of the molecule is Cc1nc2n(n1)C[C@H](NCc1cc3ccccc3o1)CC2. The highest BCUT2D eigenvalue weighted by atomic mass is 16.3. The molecule has 0 saturated carbocycles. The molecule has 108 valence electrons. The van der Waals surface area contributed by atoms with Crippen LogP contribution in [-0.2, 0) is 19.5 Å². The van der Waals surface area contributed by atoms with Crippen LogP contribution in [0.5, 0.6) is 0 Å². The van der Waals surface area contributed by atoms with Crippen molar-refractivity contribution in [1.29, 1.82) is 0 Å². The predicted octanol–water partition coefficient (Wildman–Crippen LogP) is 2.44. The molecule has 3 heterocycles. The Bertz CT molecular complexity index is 741. The molecule has 0 unspecified atom stereocenters. The molecule has 2 aromatic heterocycles. The van der Waals surface area contributed by atoms with Crippen molar-refractivity contribution in [2.45, 2.75) is 38.9 Å². The second-order valence-corrected chi connectivity index (χ2v) is 5.62. The number of aryl methyl sites for hydroxylation is 2. The summed E-state index contributed by atoms with van der Waals surface area (Å²) < 4.78 is 7.86. The van der Waals surface area contributed by atoms with Gasteiger partial charge >= 0.3 is 0 Å². The number of rotatable bonds is 3. The summed E-state index contributed by atoms with van der Waals surface area (Å²) in [4.78, 5) is 4.44. The smallest absolute Gasteiger partial charge is 0.147 e. The average Bonchev–Trinajstić information content (AvgIpc) is 3.06. The minimum absolute atomic E-state index is 0.423. The summed E-state index contributed by atoms with van der Waals surface area (Å²) in [7, 11) is 0. The molecule has 3 aromatic rings. The largest absolute Gasteiger partial charge is 0.460 e. The molecule has 0 fully saturated rings. The molecule has 5 nitrogen and oxygen atoms in total. The van der Waals surface area contributed by atoms with Crippen molar-refractivity contribution < 1.29 is 4.42 Å². The van der Waals surface area contributed by atoms with Crippen molar-refractivity contribution >= 4 is 11.0 Å². The van der Waals surface area contributed by atoms with Crippen molar-refractivity contribution in [2.24, 2.45) is 0 Å². The lowest BCUT2D eigenvalue weighted by molar-refractivity contribution is 0.347. The van der Waals surface area contributed by atoms with Crippen LogP contribution in [0.2, 0.25) is 0 Å². The maximum absolute atomic E-state index is 5.84. The molecule has 0 bridgehead atoms. The van der Waals surface area contributed by atoms with E-state index in [0.29, 0.717) is 6.04 Å². The molecule has 1 aromatic carbocycles. The number of nitrogens with one attached hydrogen (secondary N) is 1. The van der Waals surface area contributed by atoms with E-state index in [0.717, 1.165) is 54.3 Å². The lowest BCUT2D eigenvalue weighted by Crippen LogP contribution is -2.37. The van der Waals surface area contributed by atoms with Crippen LogP contribution < -0.4 is 5.32 Å². The van der Waals surface area contributed by atoms with Crippen LogP contribution in [0.1, 0.15) is 23.8 Å². The number of nitrogens with zero attached hydrogens (tertiary/aromatic N) is 3. The number of fused-ring (bicyclic) bond motifs is 2. The van der Waals surface area contributed by atoms with Gasteiger partial charge in [-0.3, -0.25) is 0 Å². The number of hydrogen-bond donors (Lipinski definition) is 1. The predicted molar refractivity (Wildman–Crippen MR) is 79.9 cm³/mol. The van der Waals surface area contributed by atoms with Crippen LogP contribution in [0.25, 0.3) is 11.0 Å². The molecule has 0 saturated heterocycles. The van der Waals surface area contributed by atoms with Gasteiger partial charge in [0.2, 0.25) is 0 Å². The Morgan fingerprint density at radius 3 is 3.19 bits per heavy atom. The number of hydrogen-bond acceptors (Lipinski definition) is 4. The average molecular weight is 282 g/mol. The van der Waals surface area contributed by atoms with E-state index in [1.807, 2.05) is 29.8 Å². The minimum atomic E-state index is 0.423. The fourth-order valence-electron chi connectivity index (χ4n) is 2.97. The van der Waals surface area contributed by atoms with Gasteiger partial charge in [-0.15, -0.1) is 0 Å². The van der Waals surface area contributed by atoms with Crippen LogP contribution >= 0.6 is 0 Å². The monoisotopic (exact) mass is 282 g/mol. The summed E-state index contributed by atoms with van der Waals surface area (Å²) in [5, 5.41) is 9.16. The lowest BCUT2D eigenvalue weighted by atomic mass is 10.1. The van der Waals surface area contributed by atoms with E-state index in [1.54, 1.807) is 0 Å². The Balaban J connectivity index is 1.43. The fraction of sp³-hybridized carbons (Fsp3) is 0.375. The standard InChI is InChI=1S/C16H18N4O/c1-11-18-16-7-6-13(10-20(16)19-11)17-9-14-8-12-4-2-3-5-15(12)21-14/h2-5,8,13,17H,6-7,9-10H2,1H3/t13-/m1/s1. The summed E-state index contributed by atoms with van der Waals surface area (Å²) in [5.74, 6) is 2.95. The van der Waals surface area contributed by atoms with Crippen LogP contribution in [0.15, 0.2) is 34.7 Å². The Morgan fingerprint density at radius 1 is 1.38 bits per heavy atom. The molecule has 1 aliphatic heterocycles. The number of aromatic nitrogens is 3. The van der Waals surface area contributed by atoms with Gasteiger partial charge in [0.1, 0.15) is 23.0 Å². The van der Waals surface area contributed by atoms with Gasteiger partial charge in [-0.05, 0) is 25.5 Å². The molecule has 1 N–H and O–H groups in total. The summed E-state index contributed by atoms with van der Waals surface area (Å²) in [6.45, 7) is 3.58. The summed E-state index contributed by atoms with van der Waals surface area (Å²) >= 11 is 0. The van der Waals surface area contributed by atoms with E-state index in [-0.39, 0.29) is 0 Å². The van der Waals surface area contributed by atoms with Gasteiger partial charge in [-0.1, -0.05) is 18.2 Å². The van der Waals surface area contributed by atoms with E-state index < -0.39 is 0 Å². The van der Waals surface area contributed by atoms with Crippen molar-refractivity contribution in [3.8, 4) is 0 Å². The first-order valence-corrected chi connectivity index (χ1v) is 7.39. The van der Waals surface area contributed by atoms with Gasteiger partial charge in [0.15, 0.2) is 0 Å². The number of para-hydroxylation sites is 1. The van der Waals surface area contributed by atoms with E-state index in [2.05, 4.69) is 27.5 Å². The highest BCUT2D eigenvalue weighted by Crippen LogP contribution is 2.19. The molecule has 0 radical (unpaired) electrons. The maximum atomic E-state index is 5.84. The van der Waals surface area contributed by atoms with Crippen molar-refractivity contribution in [3.05, 3.63) is 47.7 Å². The van der Waals surface area contributed by atoms with Crippen LogP contribution in [0.4, 0.5) is 0 Å². The van der Waals surface area contributed by atoms with Crippen LogP contribution in [0.3, 0.4) is 0 Å². The quantitative estimate of drug-likeness (QED) is 0.801. The van der Waals surface area contributed by atoms with Crippen molar-refractivity contribution in [2.75, 3.05) is 0 Å². The first kappa shape index (κ1) is 12.6. The zero-order valence-electron chi connectivity index (χ0n) is 12.0. The van der Waals surface area contributed by atoms with E-state index in [4.69, 9.17) is 4.42 Å². The molecule has 21 heavy (non-hydrogen) atoms. The lowest BCUT2D eigenvalue weighted by Gasteiger charge is -2.23. The molecule has 0 amide bonds. The third-order valence-electron chi connectivity index (χ3n) is 4.01. The fourth-order valence-corrected chi connectivity index (χ4v) is 2.97. The Hall–Kier alpha value is -2.14. The molecule has 5 heteroatoms. The maximum Gasteiger partial charge on any atom is 0.147 e. The molecule has 1 atom stereocenters. The van der Waals surface area contributed by atoms with Gasteiger partial charge in [0, 0.05) is 17.8 Å². The first-order chi connectivity index (χ1) is 10.3. The third-order valence-corrected chi connectivity index (χ3v) is 4.01. The van der Waals surface area contributed by atoms with Gasteiger partial charge in [-0.2, -0.15) is 5.10 Å². The van der Waals surface area contributed by atoms with E-state index in [1.165, 1.54) is 0 Å². The summed E-state index contributed by atoms with van der Waals surface area (Å²) in [6.07, 6.45) is 2.08. The zero-order valence-corrected chi connectivity index (χ0v) is 12.0. The minimum Gasteiger partial charge on any atom is -0.460 e. The highest BCUT2D eigenvalue weighted by molar-refractivity contribution is 5.77. The third kappa shape index (κ3) is 2.45. The van der Waals surface area contributed by atoms with Crippen molar-refractivity contribution in [3.63, 3.8) is 0 Å². The molecule has 1 aliphatic rings.